The molecule has 0 radical (unpaired) electrons. The Hall–Kier alpha value is -2.82. The lowest BCUT2D eigenvalue weighted by atomic mass is 10.2. The zero-order valence-corrected chi connectivity index (χ0v) is 15.6. The highest BCUT2D eigenvalue weighted by atomic mass is 32.2. The van der Waals surface area contributed by atoms with Crippen LogP contribution in [0.3, 0.4) is 0 Å². The van der Waals surface area contributed by atoms with Crippen molar-refractivity contribution in [3.8, 4) is 11.8 Å². The molecule has 28 heavy (non-hydrogen) atoms. The Bertz CT molecular complexity index is 971. The molecule has 8 nitrogen and oxygen atoms in total. The summed E-state index contributed by atoms with van der Waals surface area (Å²) >= 11 is 0. The first-order chi connectivity index (χ1) is 13.3. The van der Waals surface area contributed by atoms with Crippen molar-refractivity contribution in [3.63, 3.8) is 0 Å². The van der Waals surface area contributed by atoms with Gasteiger partial charge in [0.2, 0.25) is 9.84 Å². The third-order valence-electron chi connectivity index (χ3n) is 4.20. The van der Waals surface area contributed by atoms with Crippen molar-refractivity contribution in [2.75, 3.05) is 20.2 Å². The van der Waals surface area contributed by atoms with Crippen LogP contribution in [0, 0.1) is 0 Å². The smallest absolute Gasteiger partial charge is 0.341 e. The van der Waals surface area contributed by atoms with Crippen LogP contribution in [0.25, 0.3) is 0 Å². The van der Waals surface area contributed by atoms with Crippen molar-refractivity contribution in [3.05, 3.63) is 42.2 Å². The molecule has 1 aromatic heterocycles. The molecule has 1 fully saturated rings. The minimum absolute atomic E-state index is 0.140. The number of halogens is 2. The van der Waals surface area contributed by atoms with Crippen LogP contribution in [0.2, 0.25) is 0 Å². The second-order valence-corrected chi connectivity index (χ2v) is 7.84. The van der Waals surface area contributed by atoms with E-state index in [1.165, 1.54) is 42.6 Å². The number of likely N-dealkylation sites (tertiary alicyclic amines) is 1. The van der Waals surface area contributed by atoms with Crippen LogP contribution in [0.4, 0.5) is 8.78 Å². The van der Waals surface area contributed by atoms with Gasteiger partial charge in [-0.25, -0.2) is 18.4 Å². The Morgan fingerprint density at radius 3 is 2.57 bits per heavy atom. The van der Waals surface area contributed by atoms with Gasteiger partial charge in [0.05, 0.1) is 24.1 Å². The molecule has 2 aromatic rings. The fourth-order valence-electron chi connectivity index (χ4n) is 2.86. The molecule has 1 amide bonds. The Kier molecular flexibility index (Phi) is 5.73. The summed E-state index contributed by atoms with van der Waals surface area (Å²) in [6.07, 6.45) is 2.90. The molecule has 0 bridgehead atoms. The number of aromatic nitrogens is 2. The number of carbonyl (C=O) groups is 1. The van der Waals surface area contributed by atoms with Gasteiger partial charge in [-0.05, 0) is 12.1 Å². The van der Waals surface area contributed by atoms with Crippen LogP contribution < -0.4 is 9.47 Å². The summed E-state index contributed by atoms with van der Waals surface area (Å²) in [6, 6.07) is 4.94. The summed E-state index contributed by atoms with van der Waals surface area (Å²) in [6.45, 7) is 0.413. The van der Waals surface area contributed by atoms with Gasteiger partial charge in [-0.2, -0.15) is 8.78 Å². The molecular formula is C17H17F2N3O5S. The van der Waals surface area contributed by atoms with Crippen LogP contribution >= 0.6 is 0 Å². The van der Waals surface area contributed by atoms with E-state index in [-0.39, 0.29) is 30.4 Å². The molecule has 1 aliphatic heterocycles. The number of alkyl halides is 2. The molecule has 1 aliphatic rings. The maximum Gasteiger partial charge on any atom is 0.341 e. The predicted molar refractivity (Wildman–Crippen MR) is 93.2 cm³/mol. The summed E-state index contributed by atoms with van der Waals surface area (Å²) < 4.78 is 60.4. The Morgan fingerprint density at radius 2 is 1.89 bits per heavy atom. The van der Waals surface area contributed by atoms with Crippen LogP contribution in [-0.4, -0.2) is 61.3 Å². The third-order valence-corrected chi connectivity index (χ3v) is 5.63. The van der Waals surface area contributed by atoms with Gasteiger partial charge in [0.15, 0.2) is 0 Å². The molecule has 0 spiro atoms. The highest BCUT2D eigenvalue weighted by Gasteiger charge is 2.35. The van der Waals surface area contributed by atoms with Crippen LogP contribution in [0.1, 0.15) is 16.8 Å². The highest BCUT2D eigenvalue weighted by molar-refractivity contribution is 7.91. The van der Waals surface area contributed by atoms with E-state index in [0.29, 0.717) is 6.42 Å². The van der Waals surface area contributed by atoms with E-state index in [2.05, 4.69) is 9.97 Å². The molecule has 1 saturated heterocycles. The fourth-order valence-corrected chi connectivity index (χ4v) is 3.78. The Morgan fingerprint density at radius 1 is 1.21 bits per heavy atom. The standard InChI is InChI=1S/C17H17F2N3O5S/c1-26-14-15(21-8-7-20-14)27-11-6-9-22(10-11)16(23)12-4-2-3-5-13(12)28(24,25)17(18)19/h2-5,7-8,11,17H,6,9-10H2,1H3. The Labute approximate surface area is 160 Å². The largest absolute Gasteiger partial charge is 0.477 e. The number of rotatable bonds is 6. The monoisotopic (exact) mass is 413 g/mol. The SMILES string of the molecule is COc1nccnc1OC1CCN(C(=O)c2ccccc2S(=O)(=O)C(F)F)C1. The first-order valence-corrected chi connectivity index (χ1v) is 9.81. The number of benzene rings is 1. The van der Waals surface area contributed by atoms with Gasteiger partial charge in [-0.15, -0.1) is 0 Å². The number of methoxy groups -OCH3 is 1. The molecule has 0 saturated carbocycles. The zero-order valence-electron chi connectivity index (χ0n) is 14.8. The van der Waals surface area contributed by atoms with Gasteiger partial charge in [0.25, 0.3) is 17.7 Å². The molecule has 0 N–H and O–H groups in total. The second kappa shape index (κ2) is 8.05. The summed E-state index contributed by atoms with van der Waals surface area (Å²) in [5, 5.41) is 0. The Balaban J connectivity index is 1.77. The number of amides is 1. The van der Waals surface area contributed by atoms with E-state index in [0.717, 1.165) is 6.07 Å². The summed E-state index contributed by atoms with van der Waals surface area (Å²) in [4.78, 5) is 21.4. The van der Waals surface area contributed by atoms with Crippen molar-refractivity contribution in [2.24, 2.45) is 0 Å². The fraction of sp³-hybridized carbons (Fsp3) is 0.353. The average molecular weight is 413 g/mol. The average Bonchev–Trinajstić information content (AvgIpc) is 3.16. The molecule has 1 aromatic carbocycles. The quantitative estimate of drug-likeness (QED) is 0.712. The minimum Gasteiger partial charge on any atom is -0.477 e. The van der Waals surface area contributed by atoms with Crippen LogP contribution in [0.15, 0.2) is 41.6 Å². The van der Waals surface area contributed by atoms with Gasteiger partial charge in [0, 0.05) is 25.4 Å². The maximum absolute atomic E-state index is 12.9. The summed E-state index contributed by atoms with van der Waals surface area (Å²) in [5.74, 6) is -3.90. The minimum atomic E-state index is -4.90. The first kappa shape index (κ1) is 19.9. The van der Waals surface area contributed by atoms with Crippen molar-refractivity contribution >= 4 is 15.7 Å². The van der Waals surface area contributed by atoms with E-state index in [9.17, 15) is 22.0 Å². The van der Waals surface area contributed by atoms with Crippen LogP contribution in [-0.2, 0) is 9.84 Å². The number of nitrogens with zero attached hydrogens (tertiary/aromatic N) is 3. The summed E-state index contributed by atoms with van der Waals surface area (Å²) in [5.41, 5.74) is -0.291. The molecule has 150 valence electrons. The second-order valence-electron chi connectivity index (χ2n) is 5.95. The normalized spacial score (nSPS) is 17.0. The van der Waals surface area contributed by atoms with E-state index in [4.69, 9.17) is 9.47 Å². The number of hydrogen-bond donors (Lipinski definition) is 0. The molecule has 11 heteroatoms. The molecule has 1 unspecified atom stereocenters. The number of hydrogen-bond acceptors (Lipinski definition) is 7. The van der Waals surface area contributed by atoms with Gasteiger partial charge in [-0.1, -0.05) is 12.1 Å². The van der Waals surface area contributed by atoms with E-state index in [1.54, 1.807) is 0 Å². The highest BCUT2D eigenvalue weighted by Crippen LogP contribution is 2.27. The lowest BCUT2D eigenvalue weighted by molar-refractivity contribution is 0.0766. The van der Waals surface area contributed by atoms with Crippen molar-refractivity contribution in [1.82, 2.24) is 14.9 Å². The molecule has 2 heterocycles. The lowest BCUT2D eigenvalue weighted by Gasteiger charge is -2.19. The number of carbonyl (C=O) groups excluding carboxylic acids is 1. The van der Waals surface area contributed by atoms with E-state index >= 15 is 0 Å². The topological polar surface area (TPSA) is 98.7 Å². The lowest BCUT2D eigenvalue weighted by Crippen LogP contribution is -2.32. The zero-order chi connectivity index (χ0) is 20.3. The molecule has 0 aliphatic carbocycles. The van der Waals surface area contributed by atoms with Gasteiger partial charge in [-0.3, -0.25) is 4.79 Å². The van der Waals surface area contributed by atoms with Crippen molar-refractivity contribution < 1.29 is 31.5 Å². The van der Waals surface area contributed by atoms with Gasteiger partial charge >= 0.3 is 5.76 Å². The van der Waals surface area contributed by atoms with E-state index in [1.807, 2.05) is 0 Å². The van der Waals surface area contributed by atoms with Crippen LogP contribution in [0.5, 0.6) is 11.8 Å². The molecule has 3 rings (SSSR count). The number of sulfone groups is 1. The summed E-state index contributed by atoms with van der Waals surface area (Å²) in [7, 11) is -3.48. The molecular weight excluding hydrogens is 396 g/mol. The molecule has 1 atom stereocenters. The third kappa shape index (κ3) is 3.88. The maximum atomic E-state index is 12.9. The van der Waals surface area contributed by atoms with Gasteiger partial charge in [0.1, 0.15) is 6.10 Å². The van der Waals surface area contributed by atoms with E-state index < -0.39 is 32.5 Å². The number of ether oxygens (including phenoxy) is 2. The predicted octanol–water partition coefficient (Wildman–Crippen LogP) is 1.77. The van der Waals surface area contributed by atoms with Gasteiger partial charge < -0.3 is 14.4 Å². The first-order valence-electron chi connectivity index (χ1n) is 8.26. The van der Waals surface area contributed by atoms with Crippen molar-refractivity contribution in [1.29, 1.82) is 0 Å². The van der Waals surface area contributed by atoms with Crippen molar-refractivity contribution in [2.45, 2.75) is 23.2 Å².